The number of aliphatic hydroxyl groups excluding tert-OH is 1. The summed E-state index contributed by atoms with van der Waals surface area (Å²) < 4.78 is 0. The molecule has 1 fully saturated rings. The standard InChI is InChI=1S/C15H32N2O/c1-4-17(5-2)12-15(18)11-16-13(3)14-9-7-6-8-10-14/h13-16,18H,4-12H2,1-3H3/t13-,15?/m1/s1. The molecule has 1 aliphatic rings. The van der Waals surface area contributed by atoms with Crippen LogP contribution >= 0.6 is 0 Å². The molecule has 0 saturated heterocycles. The van der Waals surface area contributed by atoms with Crippen molar-refractivity contribution in [3.05, 3.63) is 0 Å². The highest BCUT2D eigenvalue weighted by Gasteiger charge is 2.20. The molecule has 1 aliphatic carbocycles. The topological polar surface area (TPSA) is 35.5 Å². The zero-order valence-corrected chi connectivity index (χ0v) is 12.5. The molecule has 0 bridgehead atoms. The SMILES string of the molecule is CCN(CC)CC(O)CN[C@H](C)C1CCCCC1. The summed E-state index contributed by atoms with van der Waals surface area (Å²) in [5.41, 5.74) is 0. The van der Waals surface area contributed by atoms with Crippen LogP contribution in [0.4, 0.5) is 0 Å². The number of aliphatic hydroxyl groups is 1. The third-order valence-electron chi connectivity index (χ3n) is 4.40. The van der Waals surface area contributed by atoms with Crippen LogP contribution in [0.25, 0.3) is 0 Å². The van der Waals surface area contributed by atoms with Crippen molar-refractivity contribution in [1.82, 2.24) is 10.2 Å². The van der Waals surface area contributed by atoms with Gasteiger partial charge in [-0.1, -0.05) is 33.1 Å². The van der Waals surface area contributed by atoms with Crippen molar-refractivity contribution < 1.29 is 5.11 Å². The average Bonchev–Trinajstić information content (AvgIpc) is 2.43. The second-order valence-corrected chi connectivity index (χ2v) is 5.73. The van der Waals surface area contributed by atoms with E-state index in [0.717, 1.165) is 32.1 Å². The summed E-state index contributed by atoms with van der Waals surface area (Å²) in [6.45, 7) is 10.1. The predicted molar refractivity (Wildman–Crippen MR) is 77.8 cm³/mol. The van der Waals surface area contributed by atoms with Crippen molar-refractivity contribution >= 4 is 0 Å². The van der Waals surface area contributed by atoms with E-state index in [1.165, 1.54) is 32.1 Å². The third-order valence-corrected chi connectivity index (χ3v) is 4.40. The van der Waals surface area contributed by atoms with Crippen molar-refractivity contribution in [3.63, 3.8) is 0 Å². The Morgan fingerprint density at radius 2 is 1.78 bits per heavy atom. The molecular weight excluding hydrogens is 224 g/mol. The molecular formula is C15H32N2O. The number of likely N-dealkylation sites (N-methyl/N-ethyl adjacent to an activating group) is 1. The van der Waals surface area contributed by atoms with Gasteiger partial charge in [-0.15, -0.1) is 0 Å². The molecule has 0 radical (unpaired) electrons. The van der Waals surface area contributed by atoms with Gasteiger partial charge in [0.25, 0.3) is 0 Å². The molecule has 108 valence electrons. The minimum absolute atomic E-state index is 0.240. The van der Waals surface area contributed by atoms with Crippen molar-refractivity contribution in [1.29, 1.82) is 0 Å². The molecule has 2 N–H and O–H groups in total. The van der Waals surface area contributed by atoms with E-state index >= 15 is 0 Å². The second-order valence-electron chi connectivity index (χ2n) is 5.73. The first-order chi connectivity index (χ1) is 8.67. The van der Waals surface area contributed by atoms with Gasteiger partial charge in [-0.25, -0.2) is 0 Å². The van der Waals surface area contributed by atoms with Crippen LogP contribution in [0.1, 0.15) is 52.9 Å². The molecule has 0 spiro atoms. The van der Waals surface area contributed by atoms with E-state index in [2.05, 4.69) is 31.0 Å². The van der Waals surface area contributed by atoms with Crippen LogP contribution in [0.5, 0.6) is 0 Å². The number of hydrogen-bond acceptors (Lipinski definition) is 3. The molecule has 1 saturated carbocycles. The van der Waals surface area contributed by atoms with Crippen LogP contribution in [0.2, 0.25) is 0 Å². The molecule has 3 nitrogen and oxygen atoms in total. The molecule has 18 heavy (non-hydrogen) atoms. The fourth-order valence-electron chi connectivity index (χ4n) is 2.97. The Labute approximate surface area is 113 Å². The quantitative estimate of drug-likeness (QED) is 0.699. The molecule has 0 aromatic carbocycles. The van der Waals surface area contributed by atoms with Gasteiger partial charge in [0.15, 0.2) is 0 Å². The molecule has 0 aliphatic heterocycles. The van der Waals surface area contributed by atoms with Gasteiger partial charge < -0.3 is 15.3 Å². The summed E-state index contributed by atoms with van der Waals surface area (Å²) in [6, 6.07) is 0.552. The van der Waals surface area contributed by atoms with Crippen molar-refractivity contribution in [2.24, 2.45) is 5.92 Å². The maximum Gasteiger partial charge on any atom is 0.0791 e. The van der Waals surface area contributed by atoms with Gasteiger partial charge >= 0.3 is 0 Å². The first-order valence-corrected chi connectivity index (χ1v) is 7.81. The van der Waals surface area contributed by atoms with E-state index in [9.17, 15) is 5.11 Å². The van der Waals surface area contributed by atoms with Gasteiger partial charge in [-0.3, -0.25) is 0 Å². The third kappa shape index (κ3) is 5.68. The van der Waals surface area contributed by atoms with Crippen LogP contribution in [0, 0.1) is 5.92 Å². The van der Waals surface area contributed by atoms with E-state index in [-0.39, 0.29) is 6.10 Å². The molecule has 3 heteroatoms. The summed E-state index contributed by atoms with van der Waals surface area (Å²) in [7, 11) is 0. The van der Waals surface area contributed by atoms with Crippen LogP contribution in [-0.2, 0) is 0 Å². The van der Waals surface area contributed by atoms with E-state index in [0.29, 0.717) is 6.04 Å². The largest absolute Gasteiger partial charge is 0.390 e. The Kier molecular flexibility index (Phi) is 7.87. The minimum atomic E-state index is -0.240. The zero-order chi connectivity index (χ0) is 13.4. The fourth-order valence-corrected chi connectivity index (χ4v) is 2.97. The lowest BCUT2D eigenvalue weighted by Gasteiger charge is -2.30. The van der Waals surface area contributed by atoms with E-state index < -0.39 is 0 Å². The maximum atomic E-state index is 10.0. The normalized spacial score (nSPS) is 21.2. The lowest BCUT2D eigenvalue weighted by atomic mass is 9.84. The van der Waals surface area contributed by atoms with Crippen LogP contribution in [0.15, 0.2) is 0 Å². The molecule has 1 rings (SSSR count). The average molecular weight is 256 g/mol. The van der Waals surface area contributed by atoms with Gasteiger partial charge in [-0.2, -0.15) is 0 Å². The van der Waals surface area contributed by atoms with E-state index in [4.69, 9.17) is 0 Å². The Morgan fingerprint density at radius 1 is 1.17 bits per heavy atom. The summed E-state index contributed by atoms with van der Waals surface area (Å²) in [6.07, 6.45) is 6.67. The first-order valence-electron chi connectivity index (χ1n) is 7.81. The molecule has 0 aromatic heterocycles. The van der Waals surface area contributed by atoms with Crippen molar-refractivity contribution in [2.75, 3.05) is 26.2 Å². The number of nitrogens with zero attached hydrogens (tertiary/aromatic N) is 1. The van der Waals surface area contributed by atoms with Gasteiger partial charge in [0.1, 0.15) is 0 Å². The minimum Gasteiger partial charge on any atom is -0.390 e. The van der Waals surface area contributed by atoms with Crippen molar-refractivity contribution in [2.45, 2.75) is 65.0 Å². The van der Waals surface area contributed by atoms with Gasteiger partial charge in [-0.05, 0) is 38.8 Å². The monoisotopic (exact) mass is 256 g/mol. The fraction of sp³-hybridized carbons (Fsp3) is 1.00. The highest BCUT2D eigenvalue weighted by atomic mass is 16.3. The highest BCUT2D eigenvalue weighted by Crippen LogP contribution is 2.26. The summed E-state index contributed by atoms with van der Waals surface area (Å²) in [5, 5.41) is 13.6. The summed E-state index contributed by atoms with van der Waals surface area (Å²) in [4.78, 5) is 2.28. The first kappa shape index (κ1) is 15.9. The molecule has 0 aromatic rings. The zero-order valence-electron chi connectivity index (χ0n) is 12.5. The van der Waals surface area contributed by atoms with E-state index in [1.54, 1.807) is 0 Å². The molecule has 2 atom stereocenters. The lowest BCUT2D eigenvalue weighted by Crippen LogP contribution is -2.43. The second kappa shape index (κ2) is 8.89. The number of nitrogens with one attached hydrogen (secondary N) is 1. The smallest absolute Gasteiger partial charge is 0.0791 e. The highest BCUT2D eigenvalue weighted by molar-refractivity contribution is 4.77. The molecule has 0 amide bonds. The summed E-state index contributed by atoms with van der Waals surface area (Å²) in [5.74, 6) is 0.819. The Balaban J connectivity index is 2.18. The summed E-state index contributed by atoms with van der Waals surface area (Å²) >= 11 is 0. The van der Waals surface area contributed by atoms with Crippen molar-refractivity contribution in [3.8, 4) is 0 Å². The van der Waals surface area contributed by atoms with Gasteiger partial charge in [0, 0.05) is 19.1 Å². The van der Waals surface area contributed by atoms with Crippen LogP contribution in [0.3, 0.4) is 0 Å². The van der Waals surface area contributed by atoms with E-state index in [1.807, 2.05) is 0 Å². The Bertz CT molecular complexity index is 201. The Morgan fingerprint density at radius 3 is 2.33 bits per heavy atom. The maximum absolute atomic E-state index is 10.0. The predicted octanol–water partition coefficient (Wildman–Crippen LogP) is 2.25. The van der Waals surface area contributed by atoms with Crippen LogP contribution in [-0.4, -0.2) is 48.3 Å². The lowest BCUT2D eigenvalue weighted by molar-refractivity contribution is 0.110. The van der Waals surface area contributed by atoms with Crippen LogP contribution < -0.4 is 5.32 Å². The number of hydrogen-bond donors (Lipinski definition) is 2. The molecule has 0 heterocycles. The number of rotatable bonds is 8. The molecule has 1 unspecified atom stereocenters. The van der Waals surface area contributed by atoms with Gasteiger partial charge in [0.2, 0.25) is 0 Å². The Hall–Kier alpha value is -0.120. The van der Waals surface area contributed by atoms with Gasteiger partial charge in [0.05, 0.1) is 6.10 Å².